The van der Waals surface area contributed by atoms with E-state index in [1.165, 1.54) is 0 Å². The van der Waals surface area contributed by atoms with Gasteiger partial charge < -0.3 is 0 Å². The highest BCUT2D eigenvalue weighted by Gasteiger charge is 2.02. The average Bonchev–Trinajstić information content (AvgIpc) is 2.53. The first kappa shape index (κ1) is 14.7. The molecule has 1 heterocycles. The number of hydrogen-bond acceptors (Lipinski definition) is 3. The van der Waals surface area contributed by atoms with Crippen molar-refractivity contribution in [3.8, 4) is 0 Å². The first-order valence-electron chi connectivity index (χ1n) is 6.59. The molecule has 0 aliphatic carbocycles. The van der Waals surface area contributed by atoms with Gasteiger partial charge in [0, 0.05) is 16.0 Å². The van der Waals surface area contributed by atoms with E-state index < -0.39 is 0 Å². The Morgan fingerprint density at radius 1 is 0.864 bits per heavy atom. The van der Waals surface area contributed by atoms with Gasteiger partial charge in [-0.1, -0.05) is 53.5 Å². The van der Waals surface area contributed by atoms with E-state index in [0.717, 1.165) is 22.0 Å². The lowest BCUT2D eigenvalue weighted by molar-refractivity contribution is 1.26. The number of halogens is 2. The van der Waals surface area contributed by atoms with Crippen LogP contribution in [0.3, 0.4) is 0 Å². The molecule has 0 unspecified atom stereocenters. The van der Waals surface area contributed by atoms with E-state index in [1.807, 2.05) is 42.5 Å². The van der Waals surface area contributed by atoms with Gasteiger partial charge >= 0.3 is 0 Å². The minimum absolute atomic E-state index is 0.407. The first-order chi connectivity index (χ1) is 10.7. The van der Waals surface area contributed by atoms with Crippen LogP contribution in [-0.4, -0.2) is 17.4 Å². The maximum atomic E-state index is 6.15. The van der Waals surface area contributed by atoms with Gasteiger partial charge in [0.2, 0.25) is 0 Å². The summed E-state index contributed by atoms with van der Waals surface area (Å²) in [5, 5.41) is 10.1. The Kier molecular flexibility index (Phi) is 4.47. The van der Waals surface area contributed by atoms with Crippen molar-refractivity contribution in [2.75, 3.05) is 0 Å². The van der Waals surface area contributed by atoms with Gasteiger partial charge in [-0.05, 0) is 29.8 Å². The van der Waals surface area contributed by atoms with Crippen molar-refractivity contribution in [3.63, 3.8) is 0 Å². The molecule has 0 aliphatic heterocycles. The van der Waals surface area contributed by atoms with E-state index in [4.69, 9.17) is 23.2 Å². The molecule has 0 amide bonds. The summed E-state index contributed by atoms with van der Waals surface area (Å²) in [5.74, 6) is 0. The zero-order valence-corrected chi connectivity index (χ0v) is 13.0. The molecule has 3 nitrogen and oxygen atoms in total. The summed E-state index contributed by atoms with van der Waals surface area (Å²) in [5.41, 5.74) is 2.51. The molecular weight excluding hydrogens is 317 g/mol. The van der Waals surface area contributed by atoms with Gasteiger partial charge in [0.25, 0.3) is 0 Å². The van der Waals surface area contributed by atoms with Crippen LogP contribution < -0.4 is 0 Å². The number of nitrogens with zero attached hydrogens (tertiary/aromatic N) is 3. The van der Waals surface area contributed by atoms with Gasteiger partial charge in [0.05, 0.1) is 17.9 Å². The van der Waals surface area contributed by atoms with Crippen molar-refractivity contribution < 1.29 is 0 Å². The molecule has 3 rings (SSSR count). The largest absolute Gasteiger partial charge is 0.235 e. The zero-order valence-electron chi connectivity index (χ0n) is 11.4. The molecule has 0 spiro atoms. The SMILES string of the molecule is Clc1ccc(/C=N/N=C\c2cc3ccccc3nc2Cl)cc1. The molecule has 22 heavy (non-hydrogen) atoms. The highest BCUT2D eigenvalue weighted by molar-refractivity contribution is 6.32. The molecule has 108 valence electrons. The van der Waals surface area contributed by atoms with Crippen molar-refractivity contribution in [3.05, 3.63) is 75.9 Å². The number of aromatic nitrogens is 1. The Bertz CT molecular complexity index is 855. The fourth-order valence-electron chi connectivity index (χ4n) is 1.94. The standard InChI is InChI=1S/C17H11Cl2N3/c18-15-7-5-12(6-8-15)10-20-21-11-14-9-13-3-1-2-4-16(13)22-17(14)19/h1-11H/b20-10+,21-11-. The smallest absolute Gasteiger partial charge is 0.138 e. The summed E-state index contributed by atoms with van der Waals surface area (Å²) >= 11 is 12.0. The van der Waals surface area contributed by atoms with Crippen LogP contribution >= 0.6 is 23.2 Å². The van der Waals surface area contributed by atoms with Gasteiger partial charge in [-0.25, -0.2) is 4.98 Å². The third kappa shape index (κ3) is 3.50. The van der Waals surface area contributed by atoms with Crippen molar-refractivity contribution in [2.45, 2.75) is 0 Å². The zero-order chi connectivity index (χ0) is 15.4. The van der Waals surface area contributed by atoms with E-state index in [0.29, 0.717) is 10.2 Å². The number of rotatable bonds is 3. The lowest BCUT2D eigenvalue weighted by Gasteiger charge is -2.00. The van der Waals surface area contributed by atoms with Crippen molar-refractivity contribution in [2.24, 2.45) is 10.2 Å². The van der Waals surface area contributed by atoms with Crippen LogP contribution in [0.25, 0.3) is 10.9 Å². The number of pyridine rings is 1. The van der Waals surface area contributed by atoms with Gasteiger partial charge in [0.15, 0.2) is 0 Å². The molecule has 0 bridgehead atoms. The van der Waals surface area contributed by atoms with E-state index in [9.17, 15) is 0 Å². The highest BCUT2D eigenvalue weighted by atomic mass is 35.5. The number of fused-ring (bicyclic) bond motifs is 1. The lowest BCUT2D eigenvalue weighted by Crippen LogP contribution is -1.88. The Balaban J connectivity index is 1.80. The molecule has 0 aliphatic rings. The molecule has 1 aromatic heterocycles. The number of para-hydroxylation sites is 1. The minimum atomic E-state index is 0.407. The molecule has 0 radical (unpaired) electrons. The molecule has 0 atom stereocenters. The summed E-state index contributed by atoms with van der Waals surface area (Å²) in [4.78, 5) is 4.33. The predicted octanol–water partition coefficient (Wildman–Crippen LogP) is 4.99. The number of hydrogen-bond donors (Lipinski definition) is 0. The summed E-state index contributed by atoms with van der Waals surface area (Å²) in [6.07, 6.45) is 3.24. The fraction of sp³-hybridized carbons (Fsp3) is 0. The maximum Gasteiger partial charge on any atom is 0.138 e. The Labute approximate surface area is 137 Å². The van der Waals surface area contributed by atoms with Crippen LogP contribution in [0.15, 0.2) is 64.8 Å². The first-order valence-corrected chi connectivity index (χ1v) is 7.35. The summed E-state index contributed by atoms with van der Waals surface area (Å²) in [6, 6.07) is 17.1. The highest BCUT2D eigenvalue weighted by Crippen LogP contribution is 2.19. The van der Waals surface area contributed by atoms with Crippen LogP contribution in [0.1, 0.15) is 11.1 Å². The second kappa shape index (κ2) is 6.69. The molecule has 2 aromatic carbocycles. The van der Waals surface area contributed by atoms with Crippen LogP contribution in [0.4, 0.5) is 0 Å². The van der Waals surface area contributed by atoms with E-state index >= 15 is 0 Å². The minimum Gasteiger partial charge on any atom is -0.235 e. The Morgan fingerprint density at radius 2 is 1.59 bits per heavy atom. The maximum absolute atomic E-state index is 6.15. The van der Waals surface area contributed by atoms with E-state index in [1.54, 1.807) is 24.6 Å². The van der Waals surface area contributed by atoms with Gasteiger partial charge in [-0.15, -0.1) is 0 Å². The molecular formula is C17H11Cl2N3. The van der Waals surface area contributed by atoms with Crippen molar-refractivity contribution in [1.29, 1.82) is 0 Å². The van der Waals surface area contributed by atoms with Gasteiger partial charge in [-0.2, -0.15) is 10.2 Å². The molecule has 0 saturated heterocycles. The second-order valence-electron chi connectivity index (χ2n) is 4.60. The van der Waals surface area contributed by atoms with Crippen LogP contribution in [0, 0.1) is 0 Å². The van der Waals surface area contributed by atoms with Crippen LogP contribution in [-0.2, 0) is 0 Å². The Morgan fingerprint density at radius 3 is 2.41 bits per heavy atom. The normalized spacial score (nSPS) is 11.7. The van der Waals surface area contributed by atoms with Crippen molar-refractivity contribution in [1.82, 2.24) is 4.98 Å². The molecule has 0 fully saturated rings. The Hall–Kier alpha value is -2.23. The second-order valence-corrected chi connectivity index (χ2v) is 5.40. The predicted molar refractivity (Wildman–Crippen MR) is 93.4 cm³/mol. The summed E-state index contributed by atoms with van der Waals surface area (Å²) in [6.45, 7) is 0. The molecule has 0 saturated carbocycles. The summed E-state index contributed by atoms with van der Waals surface area (Å²) in [7, 11) is 0. The van der Waals surface area contributed by atoms with Crippen molar-refractivity contribution >= 4 is 46.5 Å². The quantitative estimate of drug-likeness (QED) is 0.379. The average molecular weight is 328 g/mol. The van der Waals surface area contributed by atoms with E-state index in [2.05, 4.69) is 15.2 Å². The number of benzene rings is 2. The fourth-order valence-corrected chi connectivity index (χ4v) is 2.26. The third-order valence-corrected chi connectivity index (χ3v) is 3.60. The summed E-state index contributed by atoms with van der Waals surface area (Å²) < 4.78 is 0. The van der Waals surface area contributed by atoms with E-state index in [-0.39, 0.29) is 0 Å². The molecule has 3 aromatic rings. The van der Waals surface area contributed by atoms with Gasteiger partial charge in [0.1, 0.15) is 5.15 Å². The van der Waals surface area contributed by atoms with Crippen LogP contribution in [0.5, 0.6) is 0 Å². The molecule has 0 N–H and O–H groups in total. The van der Waals surface area contributed by atoms with Gasteiger partial charge in [-0.3, -0.25) is 0 Å². The molecule has 5 heteroatoms. The monoisotopic (exact) mass is 327 g/mol. The lowest BCUT2D eigenvalue weighted by atomic mass is 10.2. The van der Waals surface area contributed by atoms with Crippen LogP contribution in [0.2, 0.25) is 10.2 Å². The third-order valence-electron chi connectivity index (χ3n) is 3.04. The topological polar surface area (TPSA) is 37.6 Å².